The van der Waals surface area contributed by atoms with Crippen molar-refractivity contribution in [1.29, 1.82) is 0 Å². The molecule has 61 heavy (non-hydrogen) atoms. The van der Waals surface area contributed by atoms with Crippen LogP contribution in [0.3, 0.4) is 0 Å². The number of carboxylic acid groups (broad SMARTS) is 1. The molecule has 6 atom stereocenters. The first-order valence-corrected chi connectivity index (χ1v) is 22.6. The summed E-state index contributed by atoms with van der Waals surface area (Å²) in [6.45, 7) is 16.7. The van der Waals surface area contributed by atoms with E-state index >= 15 is 0 Å². The maximum absolute atomic E-state index is 15.0. The van der Waals surface area contributed by atoms with E-state index in [-0.39, 0.29) is 54.5 Å². The molecule has 15 nitrogen and oxygen atoms in total. The van der Waals surface area contributed by atoms with E-state index in [1.807, 2.05) is 32.6 Å². The summed E-state index contributed by atoms with van der Waals surface area (Å²) in [5.41, 5.74) is 4.24. The summed E-state index contributed by atoms with van der Waals surface area (Å²) in [7, 11) is 0. The Bertz CT molecular complexity index is 1800. The fourth-order valence-electron chi connectivity index (χ4n) is 7.99. The van der Waals surface area contributed by atoms with Crippen molar-refractivity contribution in [2.24, 2.45) is 23.0 Å². The number of nitrogens with two attached hydrogens (primary N) is 1. The van der Waals surface area contributed by atoms with E-state index in [2.05, 4.69) is 22.5 Å². The van der Waals surface area contributed by atoms with Crippen molar-refractivity contribution >= 4 is 46.9 Å². The number of carbonyl (C=O) groups excluding carboxylic acids is 5. The maximum Gasteiger partial charge on any atom is 0.309 e. The molecule has 0 aliphatic carbocycles. The van der Waals surface area contributed by atoms with Crippen LogP contribution in [0.25, 0.3) is 0 Å². The van der Waals surface area contributed by atoms with Gasteiger partial charge in [-0.05, 0) is 82.4 Å². The number of likely N-dealkylation sites (tertiary alicyclic amines) is 1. The van der Waals surface area contributed by atoms with Crippen LogP contribution in [0, 0.1) is 17.3 Å². The lowest BCUT2D eigenvalue weighted by Gasteiger charge is -2.41. The fraction of sp³-hybridized carbons (Fsp3) is 0.667. The third-order valence-corrected chi connectivity index (χ3v) is 12.9. The first-order chi connectivity index (χ1) is 28.7. The Labute approximate surface area is 365 Å². The second-order valence-electron chi connectivity index (χ2n) is 17.7. The highest BCUT2D eigenvalue weighted by Gasteiger charge is 2.47. The monoisotopic (exact) mass is 870 g/mol. The van der Waals surface area contributed by atoms with Crippen LogP contribution in [-0.4, -0.2) is 104 Å². The SMILES string of the molecule is CCCCCCN(C(=O)[C@@H](NC(=O)[C@@]1(C)CCCN1C(=O)CN)[C@@H](C)CC)[C@H](C[C@@H](OC(C)=O)c1nc(C(=O)N[C@@H](Cc2ccc(O)cc2)CC(C)(C)C(=O)O)cs1)C(C)C. The van der Waals surface area contributed by atoms with Crippen molar-refractivity contribution in [2.75, 3.05) is 19.6 Å². The Kier molecular flexibility index (Phi) is 19.2. The molecule has 0 spiro atoms. The highest BCUT2D eigenvalue weighted by molar-refractivity contribution is 7.09. The number of benzene rings is 1. The molecule has 1 aliphatic heterocycles. The number of aliphatic carboxylic acids is 1. The number of esters is 1. The van der Waals surface area contributed by atoms with Gasteiger partial charge < -0.3 is 41.1 Å². The Hall–Kier alpha value is -4.57. The van der Waals surface area contributed by atoms with Gasteiger partial charge in [-0.15, -0.1) is 11.3 Å². The van der Waals surface area contributed by atoms with Gasteiger partial charge in [-0.3, -0.25) is 28.8 Å². The topological polar surface area (TPSA) is 222 Å². The van der Waals surface area contributed by atoms with E-state index in [0.29, 0.717) is 50.2 Å². The van der Waals surface area contributed by atoms with Crippen LogP contribution in [0.4, 0.5) is 0 Å². The molecule has 1 fully saturated rings. The molecule has 1 aromatic heterocycles. The number of carbonyl (C=O) groups is 6. The second kappa shape index (κ2) is 23.0. The Morgan fingerprint density at radius 3 is 2.30 bits per heavy atom. The van der Waals surface area contributed by atoms with Gasteiger partial charge in [0.05, 0.1) is 12.0 Å². The van der Waals surface area contributed by atoms with Gasteiger partial charge >= 0.3 is 11.9 Å². The van der Waals surface area contributed by atoms with Crippen molar-refractivity contribution in [3.05, 3.63) is 45.9 Å². The standard InChI is InChI=1S/C45H70N6O9S/c1-10-12-13-14-21-50(41(56)38(29(5)11-2)49-42(57)45(9)20-15-22-51(45)37(54)26-46)35(28(3)4)24-36(60-30(6)52)40-48-34(27-61-40)39(55)47-32(25-44(7,8)43(58)59)23-31-16-18-33(53)19-17-31/h16-19,27-29,32,35-36,38,53H,10-15,20-26,46H2,1-9H3,(H,47,55)(H,49,57)(H,58,59)/t29-,32-,35+,36+,38-,45+/m0/s1. The number of ether oxygens (including phenoxy) is 1. The molecule has 1 aliphatic rings. The number of unbranched alkanes of at least 4 members (excludes halogenated alkanes) is 3. The van der Waals surface area contributed by atoms with Crippen LogP contribution in [0.2, 0.25) is 0 Å². The lowest BCUT2D eigenvalue weighted by molar-refractivity contribution is -0.150. The maximum atomic E-state index is 15.0. The van der Waals surface area contributed by atoms with Gasteiger partial charge in [-0.25, -0.2) is 4.98 Å². The Balaban J connectivity index is 1.97. The summed E-state index contributed by atoms with van der Waals surface area (Å²) in [4.78, 5) is 88.4. The Morgan fingerprint density at radius 1 is 1.05 bits per heavy atom. The van der Waals surface area contributed by atoms with E-state index < -0.39 is 58.9 Å². The number of rotatable bonds is 24. The third kappa shape index (κ3) is 14.0. The zero-order valence-electron chi connectivity index (χ0n) is 37.6. The number of phenols is 1. The van der Waals surface area contributed by atoms with E-state index in [0.717, 1.165) is 36.2 Å². The van der Waals surface area contributed by atoms with Crippen LogP contribution in [0.15, 0.2) is 29.6 Å². The van der Waals surface area contributed by atoms with Crippen molar-refractivity contribution in [1.82, 2.24) is 25.4 Å². The summed E-state index contributed by atoms with van der Waals surface area (Å²) in [5.74, 6) is -3.40. The number of nitrogens with zero attached hydrogens (tertiary/aromatic N) is 3. The quantitative estimate of drug-likeness (QED) is 0.0609. The minimum Gasteiger partial charge on any atom is -0.508 e. The van der Waals surface area contributed by atoms with Crippen LogP contribution in [0.5, 0.6) is 5.75 Å². The molecule has 0 saturated carbocycles. The van der Waals surface area contributed by atoms with E-state index in [1.54, 1.807) is 38.3 Å². The molecule has 3 rings (SSSR count). The number of hydrogen-bond acceptors (Lipinski definition) is 11. The van der Waals surface area contributed by atoms with E-state index in [1.165, 1.54) is 24.0 Å². The number of aromatic hydroxyl groups is 1. The molecule has 2 aromatic rings. The van der Waals surface area contributed by atoms with E-state index in [9.17, 15) is 39.0 Å². The highest BCUT2D eigenvalue weighted by atomic mass is 32.1. The van der Waals surface area contributed by atoms with Gasteiger partial charge in [0.1, 0.15) is 28.0 Å². The third-order valence-electron chi connectivity index (χ3n) is 12.0. The van der Waals surface area contributed by atoms with Gasteiger partial charge in [0, 0.05) is 43.9 Å². The molecule has 0 bridgehead atoms. The average Bonchev–Trinajstić information content (AvgIpc) is 3.86. The minimum atomic E-state index is -1.16. The molecular weight excluding hydrogens is 801 g/mol. The summed E-state index contributed by atoms with van der Waals surface area (Å²) < 4.78 is 5.90. The zero-order chi connectivity index (χ0) is 45.7. The summed E-state index contributed by atoms with van der Waals surface area (Å²) in [6, 6.07) is 4.50. The van der Waals surface area contributed by atoms with Crippen LogP contribution in [-0.2, 0) is 35.1 Å². The van der Waals surface area contributed by atoms with Gasteiger partial charge in [0.25, 0.3) is 5.91 Å². The normalized spacial score (nSPS) is 17.9. The van der Waals surface area contributed by atoms with Gasteiger partial charge in [-0.2, -0.15) is 0 Å². The van der Waals surface area contributed by atoms with Gasteiger partial charge in [0.2, 0.25) is 17.7 Å². The molecular formula is C45H70N6O9S. The molecule has 16 heteroatoms. The number of thiazole rings is 1. The lowest BCUT2D eigenvalue weighted by Crippen LogP contribution is -2.62. The predicted molar refractivity (Wildman–Crippen MR) is 235 cm³/mol. The minimum absolute atomic E-state index is 0.0664. The molecule has 340 valence electrons. The first kappa shape index (κ1) is 50.8. The number of aromatic nitrogens is 1. The van der Waals surface area contributed by atoms with Crippen molar-refractivity contribution in [3.63, 3.8) is 0 Å². The van der Waals surface area contributed by atoms with Gasteiger partial charge in [0.15, 0.2) is 6.10 Å². The molecule has 6 N–H and O–H groups in total. The molecule has 0 unspecified atom stereocenters. The number of carboxylic acids is 1. The average molecular weight is 871 g/mol. The number of phenolic OH excluding ortho intramolecular Hbond substituents is 1. The number of nitrogens with one attached hydrogen (secondary N) is 2. The van der Waals surface area contributed by atoms with Crippen LogP contribution in [0.1, 0.15) is 147 Å². The lowest BCUT2D eigenvalue weighted by atomic mass is 9.84. The van der Waals surface area contributed by atoms with Crippen LogP contribution < -0.4 is 16.4 Å². The smallest absolute Gasteiger partial charge is 0.309 e. The first-order valence-electron chi connectivity index (χ1n) is 21.8. The van der Waals surface area contributed by atoms with Gasteiger partial charge in [-0.1, -0.05) is 72.4 Å². The highest BCUT2D eigenvalue weighted by Crippen LogP contribution is 2.34. The number of hydrogen-bond donors (Lipinski definition) is 5. The number of amides is 4. The molecule has 1 aromatic carbocycles. The fourth-order valence-corrected chi connectivity index (χ4v) is 8.83. The second-order valence-corrected chi connectivity index (χ2v) is 18.6. The summed E-state index contributed by atoms with van der Waals surface area (Å²) in [6.07, 6.45) is 4.90. The summed E-state index contributed by atoms with van der Waals surface area (Å²) in [5, 5.41) is 27.6. The largest absolute Gasteiger partial charge is 0.508 e. The van der Waals surface area contributed by atoms with Crippen molar-refractivity contribution < 1.29 is 43.7 Å². The molecule has 1 saturated heterocycles. The summed E-state index contributed by atoms with van der Waals surface area (Å²) >= 11 is 1.15. The molecule has 4 amide bonds. The van der Waals surface area contributed by atoms with E-state index in [4.69, 9.17) is 10.5 Å². The van der Waals surface area contributed by atoms with Crippen molar-refractivity contribution in [3.8, 4) is 5.75 Å². The molecule has 0 radical (unpaired) electrons. The zero-order valence-corrected chi connectivity index (χ0v) is 38.4. The molecule has 2 heterocycles. The van der Waals surface area contributed by atoms with Crippen molar-refractivity contribution in [2.45, 2.75) is 156 Å². The Morgan fingerprint density at radius 2 is 1.72 bits per heavy atom. The van der Waals surface area contributed by atoms with Crippen LogP contribution >= 0.6 is 11.3 Å². The predicted octanol–water partition coefficient (Wildman–Crippen LogP) is 5.99.